The Bertz CT molecular complexity index is 1260. The number of nitrogens with zero attached hydrogens (tertiary/aromatic N) is 1. The number of nitrogens with two attached hydrogens (primary N) is 1. The van der Waals surface area contributed by atoms with Gasteiger partial charge in [0, 0.05) is 24.0 Å². The largest absolute Gasteiger partial charge is 0.364 e. The molecule has 29 heavy (non-hydrogen) atoms. The van der Waals surface area contributed by atoms with Crippen molar-refractivity contribution in [3.8, 4) is 6.07 Å². The van der Waals surface area contributed by atoms with E-state index in [1.54, 1.807) is 25.1 Å². The quantitative estimate of drug-likeness (QED) is 0.473. The van der Waals surface area contributed by atoms with E-state index < -0.39 is 19.1 Å². The topological polar surface area (TPSA) is 109 Å². The van der Waals surface area contributed by atoms with Crippen molar-refractivity contribution >= 4 is 52.5 Å². The number of allylic oxidation sites excluding steroid dienone is 1. The summed E-state index contributed by atoms with van der Waals surface area (Å²) in [5, 5.41) is 8.50. The van der Waals surface area contributed by atoms with Crippen molar-refractivity contribution in [3.05, 3.63) is 64.1 Å². The number of halogens is 2. The Morgan fingerprint density at radius 2 is 2.10 bits per heavy atom. The molecule has 0 saturated carbocycles. The first kappa shape index (κ1) is 20.8. The van der Waals surface area contributed by atoms with E-state index in [2.05, 4.69) is 4.98 Å². The molecule has 0 bridgehead atoms. The molecule has 148 valence electrons. The lowest BCUT2D eigenvalue weighted by Crippen LogP contribution is -2.26. The molecule has 0 saturated heterocycles. The fourth-order valence-electron chi connectivity index (χ4n) is 3.20. The van der Waals surface area contributed by atoms with E-state index in [4.69, 9.17) is 27.1 Å². The summed E-state index contributed by atoms with van der Waals surface area (Å²) in [6.45, 7) is 1.77. The second-order valence-electron chi connectivity index (χ2n) is 6.30. The van der Waals surface area contributed by atoms with Gasteiger partial charge in [-0.1, -0.05) is 17.7 Å². The predicted molar refractivity (Wildman–Crippen MR) is 111 cm³/mol. The molecular formula is C20H16ClFN3O3P. The van der Waals surface area contributed by atoms with E-state index in [0.29, 0.717) is 5.56 Å². The highest BCUT2D eigenvalue weighted by atomic mass is 35.5. The fraction of sp³-hybridized carbons (Fsp3) is 0.100. The Balaban J connectivity index is 2.42. The summed E-state index contributed by atoms with van der Waals surface area (Å²) in [7, 11) is -2.77. The van der Waals surface area contributed by atoms with Crippen LogP contribution in [0.3, 0.4) is 0 Å². The van der Waals surface area contributed by atoms with Gasteiger partial charge in [-0.3, -0.25) is 9.36 Å². The van der Waals surface area contributed by atoms with E-state index in [-0.39, 0.29) is 32.2 Å². The SMILES string of the molecule is COP(=O)(c1cc(C)cc(/C=C/C#N)c1)c1c(C(N)=O)[nH]c2ccc(Cl)c(F)c12. The van der Waals surface area contributed by atoms with Crippen molar-refractivity contribution in [2.75, 3.05) is 7.11 Å². The van der Waals surface area contributed by atoms with Crippen molar-refractivity contribution < 1.29 is 18.3 Å². The first-order valence-electron chi connectivity index (χ1n) is 8.37. The van der Waals surface area contributed by atoms with Crippen LogP contribution in [0, 0.1) is 24.1 Å². The number of carbonyl (C=O) groups is 1. The number of aromatic amines is 1. The number of aryl methyl sites for hydroxylation is 1. The smallest absolute Gasteiger partial charge is 0.266 e. The molecule has 0 aliphatic heterocycles. The highest BCUT2D eigenvalue weighted by Gasteiger charge is 2.37. The highest BCUT2D eigenvalue weighted by Crippen LogP contribution is 2.48. The zero-order chi connectivity index (χ0) is 21.3. The van der Waals surface area contributed by atoms with Crippen LogP contribution in [-0.2, 0) is 9.09 Å². The third-order valence-corrected chi connectivity index (χ3v) is 7.18. The molecule has 0 fully saturated rings. The summed E-state index contributed by atoms with van der Waals surface area (Å²) in [5.74, 6) is -1.75. The lowest BCUT2D eigenvalue weighted by atomic mass is 10.1. The number of amides is 1. The molecule has 0 spiro atoms. The fourth-order valence-corrected chi connectivity index (χ4v) is 5.67. The number of H-pyrrole nitrogens is 1. The van der Waals surface area contributed by atoms with Crippen LogP contribution in [0.15, 0.2) is 36.4 Å². The maximum atomic E-state index is 14.9. The van der Waals surface area contributed by atoms with Crippen LogP contribution in [0.5, 0.6) is 0 Å². The molecule has 2 aromatic carbocycles. The van der Waals surface area contributed by atoms with Gasteiger partial charge >= 0.3 is 0 Å². The van der Waals surface area contributed by atoms with E-state index >= 15 is 0 Å². The normalized spacial score (nSPS) is 13.5. The predicted octanol–water partition coefficient (Wildman–Crippen LogP) is 3.78. The van der Waals surface area contributed by atoms with Gasteiger partial charge in [0.2, 0.25) is 0 Å². The number of benzene rings is 2. The molecule has 1 heterocycles. The number of hydrogen-bond donors (Lipinski definition) is 2. The number of hydrogen-bond acceptors (Lipinski definition) is 4. The third-order valence-electron chi connectivity index (χ3n) is 4.40. The first-order valence-corrected chi connectivity index (χ1v) is 10.4. The van der Waals surface area contributed by atoms with E-state index in [0.717, 1.165) is 5.56 Å². The van der Waals surface area contributed by atoms with Crippen LogP contribution in [0.4, 0.5) is 4.39 Å². The summed E-state index contributed by atoms with van der Waals surface area (Å²) in [4.78, 5) is 14.8. The average Bonchev–Trinajstić information content (AvgIpc) is 3.09. The van der Waals surface area contributed by atoms with Crippen LogP contribution in [0.25, 0.3) is 17.0 Å². The molecule has 3 rings (SSSR count). The molecule has 3 N–H and O–H groups in total. The van der Waals surface area contributed by atoms with Crippen molar-refractivity contribution in [2.45, 2.75) is 6.92 Å². The maximum Gasteiger partial charge on any atom is 0.266 e. The zero-order valence-electron chi connectivity index (χ0n) is 15.5. The van der Waals surface area contributed by atoms with Crippen LogP contribution < -0.4 is 16.3 Å². The molecule has 6 nitrogen and oxygen atoms in total. The molecule has 1 aromatic heterocycles. The molecule has 3 aromatic rings. The van der Waals surface area contributed by atoms with Crippen molar-refractivity contribution in [1.82, 2.24) is 4.98 Å². The second-order valence-corrected chi connectivity index (χ2v) is 9.13. The standard InChI is InChI=1S/C20H16ClFN3O3P/c1-11-8-12(4-3-7-23)10-13(9-11)29(27,28-2)19-16-15(25-18(19)20(24)26)6-5-14(21)17(16)22/h3-6,8-10,25H,1-2H3,(H2,24,26)/b4-3+. The average molecular weight is 432 g/mol. The minimum absolute atomic E-state index is 0.118. The number of carbonyl (C=O) groups excluding carboxylic acids is 1. The van der Waals surface area contributed by atoms with Crippen LogP contribution in [0.2, 0.25) is 5.02 Å². The van der Waals surface area contributed by atoms with Gasteiger partial charge in [-0.05, 0) is 48.4 Å². The third kappa shape index (κ3) is 3.58. The Labute approximate surface area is 171 Å². The number of aromatic nitrogens is 1. The van der Waals surface area contributed by atoms with Gasteiger partial charge in [0.05, 0.1) is 21.8 Å². The molecule has 0 aliphatic carbocycles. The van der Waals surface area contributed by atoms with Crippen LogP contribution in [0.1, 0.15) is 21.6 Å². The summed E-state index contributed by atoms with van der Waals surface area (Å²) in [6.07, 6.45) is 2.81. The number of fused-ring (bicyclic) bond motifs is 1. The molecular weight excluding hydrogens is 416 g/mol. The highest BCUT2D eigenvalue weighted by molar-refractivity contribution is 7.75. The summed E-state index contributed by atoms with van der Waals surface area (Å²) < 4.78 is 34.4. The van der Waals surface area contributed by atoms with Crippen LogP contribution in [-0.4, -0.2) is 18.0 Å². The Morgan fingerprint density at radius 3 is 2.72 bits per heavy atom. The molecule has 1 atom stereocenters. The first-order chi connectivity index (χ1) is 13.7. The van der Waals surface area contributed by atoms with Crippen molar-refractivity contribution in [3.63, 3.8) is 0 Å². The minimum atomic E-state index is -3.97. The molecule has 9 heteroatoms. The van der Waals surface area contributed by atoms with E-state index in [1.165, 1.54) is 31.4 Å². The lowest BCUT2D eigenvalue weighted by molar-refractivity contribution is 0.0997. The van der Waals surface area contributed by atoms with Crippen LogP contribution >= 0.6 is 19.0 Å². The monoisotopic (exact) mass is 431 g/mol. The van der Waals surface area contributed by atoms with Crippen molar-refractivity contribution in [1.29, 1.82) is 5.26 Å². The van der Waals surface area contributed by atoms with Gasteiger partial charge in [0.25, 0.3) is 13.3 Å². The Hall–Kier alpha value is -2.91. The summed E-state index contributed by atoms with van der Waals surface area (Å²) in [6, 6.07) is 9.61. The molecule has 0 aliphatic rings. The summed E-state index contributed by atoms with van der Waals surface area (Å²) >= 11 is 5.92. The Kier molecular flexibility index (Phi) is 5.63. The van der Waals surface area contributed by atoms with Gasteiger partial charge in [-0.15, -0.1) is 0 Å². The molecule has 0 radical (unpaired) electrons. The van der Waals surface area contributed by atoms with Crippen molar-refractivity contribution in [2.24, 2.45) is 5.73 Å². The number of rotatable bonds is 5. The number of primary amides is 1. The summed E-state index contributed by atoms with van der Waals surface area (Å²) in [5.41, 5.74) is 6.79. The number of nitrogens with one attached hydrogen (secondary N) is 1. The van der Waals surface area contributed by atoms with Gasteiger partial charge in [-0.2, -0.15) is 5.26 Å². The van der Waals surface area contributed by atoms with Gasteiger partial charge in [-0.25, -0.2) is 4.39 Å². The molecule has 1 amide bonds. The van der Waals surface area contributed by atoms with Gasteiger partial charge in [0.1, 0.15) is 5.69 Å². The van der Waals surface area contributed by atoms with E-state index in [1.807, 2.05) is 6.07 Å². The van der Waals surface area contributed by atoms with Gasteiger partial charge < -0.3 is 15.2 Å². The maximum absolute atomic E-state index is 14.9. The zero-order valence-corrected chi connectivity index (χ0v) is 17.1. The van der Waals surface area contributed by atoms with Gasteiger partial charge in [0.15, 0.2) is 5.82 Å². The molecule has 1 unspecified atom stereocenters. The van der Waals surface area contributed by atoms with E-state index in [9.17, 15) is 13.8 Å². The second kappa shape index (κ2) is 7.84. The number of nitriles is 1. The Morgan fingerprint density at radius 1 is 1.38 bits per heavy atom. The lowest BCUT2D eigenvalue weighted by Gasteiger charge is -2.19. The minimum Gasteiger partial charge on any atom is -0.364 e.